The van der Waals surface area contributed by atoms with E-state index in [1.165, 1.54) is 0 Å². The Morgan fingerprint density at radius 3 is 2.38 bits per heavy atom. The maximum absolute atomic E-state index is 11.5. The van der Waals surface area contributed by atoms with Crippen molar-refractivity contribution in [3.63, 3.8) is 0 Å². The van der Waals surface area contributed by atoms with Crippen molar-refractivity contribution < 1.29 is 19.4 Å². The number of carboxylic acid groups (broad SMARTS) is 1. The highest BCUT2D eigenvalue weighted by atomic mass is 16.6. The molecule has 0 unspecified atom stereocenters. The lowest BCUT2D eigenvalue weighted by molar-refractivity contribution is -0.140. The highest BCUT2D eigenvalue weighted by Crippen LogP contribution is 2.48. The molecule has 0 aromatic heterocycles. The number of carbonyl (C=O) groups excluding carboxylic acids is 1. The van der Waals surface area contributed by atoms with Crippen molar-refractivity contribution in [1.29, 1.82) is 0 Å². The van der Waals surface area contributed by atoms with Crippen molar-refractivity contribution in [2.75, 3.05) is 6.54 Å². The van der Waals surface area contributed by atoms with E-state index in [9.17, 15) is 14.7 Å². The molecule has 0 heterocycles. The van der Waals surface area contributed by atoms with Gasteiger partial charge in [0.05, 0.1) is 5.41 Å². The lowest BCUT2D eigenvalue weighted by atomic mass is 9.95. The van der Waals surface area contributed by atoms with E-state index in [1.807, 2.05) is 57.2 Å². The van der Waals surface area contributed by atoms with Crippen molar-refractivity contribution in [2.45, 2.75) is 51.0 Å². The first-order chi connectivity index (χ1) is 11.2. The quantitative estimate of drug-likeness (QED) is 0.779. The fourth-order valence-corrected chi connectivity index (χ4v) is 2.46. The Morgan fingerprint density at radius 2 is 1.88 bits per heavy atom. The van der Waals surface area contributed by atoms with Crippen LogP contribution < -0.4 is 5.32 Å². The van der Waals surface area contributed by atoms with Gasteiger partial charge in [0.1, 0.15) is 5.60 Å². The number of ether oxygens (including phenoxy) is 1. The Hall–Kier alpha value is -2.30. The van der Waals surface area contributed by atoms with Crippen molar-refractivity contribution in [2.24, 2.45) is 0 Å². The second-order valence-corrected chi connectivity index (χ2v) is 7.13. The molecular weight excluding hydrogens is 306 g/mol. The van der Waals surface area contributed by atoms with Crippen LogP contribution in [0.3, 0.4) is 0 Å². The average molecular weight is 331 g/mol. The molecule has 1 aliphatic carbocycles. The zero-order valence-corrected chi connectivity index (χ0v) is 14.5. The summed E-state index contributed by atoms with van der Waals surface area (Å²) in [5.41, 5.74) is 0.742. The third-order valence-electron chi connectivity index (χ3n) is 3.91. The molecule has 1 amide bonds. The van der Waals surface area contributed by atoms with Gasteiger partial charge in [0.25, 0.3) is 0 Å². The van der Waals surface area contributed by atoms with Crippen LogP contribution in [0.4, 0.5) is 4.79 Å². The number of carboxylic acids is 1. The summed E-state index contributed by atoms with van der Waals surface area (Å²) < 4.78 is 5.15. The minimum Gasteiger partial charge on any atom is -0.481 e. The van der Waals surface area contributed by atoms with Crippen LogP contribution in [0.1, 0.15) is 51.2 Å². The number of amides is 1. The molecular formula is C19H25NO4. The van der Waals surface area contributed by atoms with Gasteiger partial charge in [-0.25, -0.2) is 4.79 Å². The molecule has 0 aliphatic heterocycles. The smallest absolute Gasteiger partial charge is 0.407 e. The van der Waals surface area contributed by atoms with Gasteiger partial charge in [-0.2, -0.15) is 0 Å². The van der Waals surface area contributed by atoms with Crippen molar-refractivity contribution in [3.8, 4) is 0 Å². The van der Waals surface area contributed by atoms with E-state index in [0.717, 1.165) is 11.1 Å². The minimum absolute atomic E-state index is 0.413. The number of hydrogen-bond donors (Lipinski definition) is 2. The summed E-state index contributed by atoms with van der Waals surface area (Å²) in [5, 5.41) is 12.0. The summed E-state index contributed by atoms with van der Waals surface area (Å²) in [6, 6.07) is 7.63. The van der Waals surface area contributed by atoms with Crippen LogP contribution in [0.15, 0.2) is 30.3 Å². The number of nitrogens with one attached hydrogen (secondary N) is 1. The summed E-state index contributed by atoms with van der Waals surface area (Å²) in [6.07, 6.45) is 5.64. The number of aliphatic carboxylic acids is 1. The first-order valence-corrected chi connectivity index (χ1v) is 8.20. The molecule has 1 fully saturated rings. The Morgan fingerprint density at radius 1 is 1.25 bits per heavy atom. The van der Waals surface area contributed by atoms with Gasteiger partial charge in [-0.05, 0) is 51.2 Å². The molecule has 1 aliphatic rings. The van der Waals surface area contributed by atoms with E-state index >= 15 is 0 Å². The van der Waals surface area contributed by atoms with Crippen LogP contribution in [0.2, 0.25) is 0 Å². The number of benzene rings is 1. The molecule has 5 heteroatoms. The Bertz CT molecular complexity index is 622. The van der Waals surface area contributed by atoms with Crippen LogP contribution in [0, 0.1) is 0 Å². The molecule has 0 saturated heterocycles. The van der Waals surface area contributed by atoms with E-state index in [4.69, 9.17) is 4.74 Å². The predicted octanol–water partition coefficient (Wildman–Crippen LogP) is 3.73. The average Bonchev–Trinajstić information content (AvgIpc) is 3.27. The Labute approximate surface area is 142 Å². The molecule has 0 spiro atoms. The zero-order valence-electron chi connectivity index (χ0n) is 14.5. The highest BCUT2D eigenvalue weighted by molar-refractivity contribution is 5.85. The van der Waals surface area contributed by atoms with E-state index < -0.39 is 23.1 Å². The molecule has 2 rings (SSSR count). The lowest BCUT2D eigenvalue weighted by Gasteiger charge is -2.19. The van der Waals surface area contributed by atoms with Gasteiger partial charge in [-0.3, -0.25) is 4.79 Å². The van der Waals surface area contributed by atoms with Crippen LogP contribution in [0.25, 0.3) is 6.08 Å². The molecule has 2 N–H and O–H groups in total. The molecule has 24 heavy (non-hydrogen) atoms. The van der Waals surface area contributed by atoms with Gasteiger partial charge in [-0.1, -0.05) is 36.4 Å². The molecule has 1 saturated carbocycles. The van der Waals surface area contributed by atoms with Gasteiger partial charge in [0.2, 0.25) is 0 Å². The predicted molar refractivity (Wildman–Crippen MR) is 92.9 cm³/mol. The fourth-order valence-electron chi connectivity index (χ4n) is 2.46. The van der Waals surface area contributed by atoms with E-state index in [0.29, 0.717) is 25.8 Å². The van der Waals surface area contributed by atoms with Gasteiger partial charge in [0, 0.05) is 6.54 Å². The lowest BCUT2D eigenvalue weighted by Crippen LogP contribution is -2.32. The van der Waals surface area contributed by atoms with E-state index in [2.05, 4.69) is 5.32 Å². The largest absolute Gasteiger partial charge is 0.481 e. The molecule has 5 nitrogen and oxygen atoms in total. The molecule has 1 aromatic carbocycles. The van der Waals surface area contributed by atoms with Crippen molar-refractivity contribution >= 4 is 18.1 Å². The summed E-state index contributed by atoms with van der Waals surface area (Å²) in [6.45, 7) is 5.98. The minimum atomic E-state index is -0.737. The molecule has 130 valence electrons. The maximum Gasteiger partial charge on any atom is 0.407 e. The SMILES string of the molecule is CC(C)(C)OC(=O)NCCC=Cc1ccc(C2(C(=O)O)CC2)cc1. The third kappa shape index (κ3) is 4.85. The zero-order chi connectivity index (χ0) is 17.8. The van der Waals surface area contributed by atoms with Crippen LogP contribution in [0.5, 0.6) is 0 Å². The van der Waals surface area contributed by atoms with Gasteiger partial charge >= 0.3 is 12.1 Å². The van der Waals surface area contributed by atoms with E-state index in [-0.39, 0.29) is 0 Å². The van der Waals surface area contributed by atoms with Crippen LogP contribution in [-0.4, -0.2) is 29.3 Å². The number of carbonyl (C=O) groups is 2. The number of alkyl carbamates (subject to hydrolysis) is 1. The Balaban J connectivity index is 1.77. The first-order valence-electron chi connectivity index (χ1n) is 8.20. The van der Waals surface area contributed by atoms with Crippen LogP contribution in [-0.2, 0) is 14.9 Å². The summed E-state index contributed by atoms with van der Waals surface area (Å²) in [7, 11) is 0. The standard InChI is InChI=1S/C19H25NO4/c1-18(2,3)24-17(23)20-13-5-4-6-14-7-9-15(10-8-14)19(11-12-19)16(21)22/h4,6-10H,5,11-13H2,1-3H3,(H,20,23)(H,21,22). The summed E-state index contributed by atoms with van der Waals surface area (Å²) in [5.74, 6) is -0.737. The van der Waals surface area contributed by atoms with E-state index in [1.54, 1.807) is 0 Å². The molecule has 0 radical (unpaired) electrons. The maximum atomic E-state index is 11.5. The molecule has 0 bridgehead atoms. The topological polar surface area (TPSA) is 75.6 Å². The fraction of sp³-hybridized carbons (Fsp3) is 0.474. The normalized spacial score (nSPS) is 16.0. The monoisotopic (exact) mass is 331 g/mol. The number of rotatable bonds is 6. The third-order valence-corrected chi connectivity index (χ3v) is 3.91. The second kappa shape index (κ2) is 7.07. The number of hydrogen-bond acceptors (Lipinski definition) is 3. The summed E-state index contributed by atoms with van der Waals surface area (Å²) in [4.78, 5) is 22.8. The molecule has 1 aromatic rings. The summed E-state index contributed by atoms with van der Waals surface area (Å²) >= 11 is 0. The van der Waals surface area contributed by atoms with Gasteiger partial charge in [-0.15, -0.1) is 0 Å². The van der Waals surface area contributed by atoms with Crippen molar-refractivity contribution in [1.82, 2.24) is 5.32 Å². The Kier molecular flexibility index (Phi) is 5.32. The van der Waals surface area contributed by atoms with Crippen LogP contribution >= 0.6 is 0 Å². The highest BCUT2D eigenvalue weighted by Gasteiger charge is 2.51. The van der Waals surface area contributed by atoms with Crippen molar-refractivity contribution in [3.05, 3.63) is 41.5 Å². The van der Waals surface area contributed by atoms with Gasteiger partial charge in [0.15, 0.2) is 0 Å². The molecule has 0 atom stereocenters. The first kappa shape index (κ1) is 18.0. The van der Waals surface area contributed by atoms with Gasteiger partial charge < -0.3 is 15.2 Å². The second-order valence-electron chi connectivity index (χ2n) is 7.13.